The number of nitrogens with two attached hydrogens (primary N) is 1. The highest BCUT2D eigenvalue weighted by Gasteiger charge is 2.31. The molecule has 8 nitrogen and oxygen atoms in total. The maximum atomic E-state index is 13.7. The molecule has 0 saturated carbocycles. The van der Waals surface area contributed by atoms with Crippen LogP contribution < -0.4 is 11.1 Å². The number of aryl methyl sites for hydroxylation is 2. The Balaban J connectivity index is 1.36. The third-order valence-corrected chi connectivity index (χ3v) is 7.85. The number of nitrogen functional groups attached to an aromatic ring is 1. The number of fused-ring (bicyclic) bond motifs is 1. The molecule has 1 aliphatic rings. The number of piperidine rings is 1. The fourth-order valence-corrected chi connectivity index (χ4v) is 6.12. The number of likely N-dealkylation sites (tertiary alicyclic amines) is 1. The molecule has 10 heteroatoms. The normalized spacial score (nSPS) is 16.2. The van der Waals surface area contributed by atoms with Gasteiger partial charge in [-0.2, -0.15) is 0 Å². The zero-order chi connectivity index (χ0) is 23.8. The lowest BCUT2D eigenvalue weighted by molar-refractivity contribution is 0.0598. The molecule has 2 amide bonds. The molecule has 5 rings (SSSR count). The van der Waals surface area contributed by atoms with Crippen LogP contribution in [-0.4, -0.2) is 50.2 Å². The van der Waals surface area contributed by atoms with E-state index in [1.54, 1.807) is 0 Å². The molecule has 1 aromatic carbocycles. The number of benzene rings is 1. The van der Waals surface area contributed by atoms with Crippen LogP contribution in [0, 0.1) is 13.8 Å². The molecule has 0 radical (unpaired) electrons. The van der Waals surface area contributed by atoms with Crippen molar-refractivity contribution >= 4 is 44.6 Å². The number of nitrogens with zero attached hydrogens (tertiary/aromatic N) is 4. The predicted molar refractivity (Wildman–Crippen MR) is 136 cm³/mol. The zero-order valence-electron chi connectivity index (χ0n) is 19.1. The van der Waals surface area contributed by atoms with E-state index in [-0.39, 0.29) is 17.9 Å². The number of hydrogen-bond donors (Lipinski definition) is 2. The first-order valence-corrected chi connectivity index (χ1v) is 13.0. The fraction of sp³-hybridized carbons (Fsp3) is 0.333. The molecule has 1 atom stereocenters. The molecule has 3 N–H and O–H groups in total. The average molecular weight is 495 g/mol. The van der Waals surface area contributed by atoms with Crippen molar-refractivity contribution in [1.82, 2.24) is 24.6 Å². The number of hydrogen-bond acceptors (Lipinski definition) is 7. The number of rotatable bonds is 5. The monoisotopic (exact) mass is 494 g/mol. The Morgan fingerprint density at radius 1 is 1.24 bits per heavy atom. The van der Waals surface area contributed by atoms with Crippen LogP contribution in [0.2, 0.25) is 0 Å². The van der Waals surface area contributed by atoms with E-state index in [4.69, 9.17) is 5.73 Å². The molecule has 34 heavy (non-hydrogen) atoms. The molecule has 1 fully saturated rings. The molecule has 176 valence electrons. The largest absolute Gasteiger partial charge is 0.375 e. The van der Waals surface area contributed by atoms with E-state index < -0.39 is 0 Å². The number of anilines is 1. The highest BCUT2D eigenvalue weighted by atomic mass is 32.1. The van der Waals surface area contributed by atoms with Crippen molar-refractivity contribution in [2.24, 2.45) is 0 Å². The lowest BCUT2D eigenvalue weighted by Gasteiger charge is -2.35. The Morgan fingerprint density at radius 3 is 2.91 bits per heavy atom. The zero-order valence-corrected chi connectivity index (χ0v) is 20.7. The number of carbonyl (C=O) groups is 2. The van der Waals surface area contributed by atoms with E-state index >= 15 is 0 Å². The first-order chi connectivity index (χ1) is 16.4. The van der Waals surface area contributed by atoms with Gasteiger partial charge in [0.1, 0.15) is 11.4 Å². The molecule has 0 unspecified atom stereocenters. The van der Waals surface area contributed by atoms with Crippen LogP contribution in [0.25, 0.3) is 15.4 Å². The first-order valence-electron chi connectivity index (χ1n) is 11.3. The van der Waals surface area contributed by atoms with Gasteiger partial charge >= 0.3 is 0 Å². The first kappa shape index (κ1) is 22.5. The Hall–Kier alpha value is -3.24. The van der Waals surface area contributed by atoms with Gasteiger partial charge in [0.05, 0.1) is 10.6 Å². The SMILES string of the molecule is Cc1cccc(-c2sc(N)nc2C(=O)N2CCCC[C@H]2CNC(=O)c2c(C)nc3sccn23)c1. The number of amides is 2. The second-order valence-electron chi connectivity index (χ2n) is 8.56. The molecule has 0 spiro atoms. The van der Waals surface area contributed by atoms with Crippen molar-refractivity contribution in [2.45, 2.75) is 39.2 Å². The molecule has 3 aromatic heterocycles. The van der Waals surface area contributed by atoms with Crippen LogP contribution in [0.5, 0.6) is 0 Å². The van der Waals surface area contributed by atoms with Gasteiger partial charge in [-0.15, -0.1) is 11.3 Å². The third kappa shape index (κ3) is 4.19. The van der Waals surface area contributed by atoms with E-state index in [9.17, 15) is 9.59 Å². The highest BCUT2D eigenvalue weighted by molar-refractivity contribution is 7.19. The summed E-state index contributed by atoms with van der Waals surface area (Å²) in [5.41, 5.74) is 9.70. The van der Waals surface area contributed by atoms with Crippen molar-refractivity contribution in [3.05, 3.63) is 58.5 Å². The van der Waals surface area contributed by atoms with Gasteiger partial charge in [-0.3, -0.25) is 14.0 Å². The van der Waals surface area contributed by atoms with E-state index in [1.807, 2.05) is 59.0 Å². The van der Waals surface area contributed by atoms with Crippen molar-refractivity contribution in [3.8, 4) is 10.4 Å². The fourth-order valence-electron chi connectivity index (χ4n) is 4.54. The molecule has 4 heterocycles. The van der Waals surface area contributed by atoms with Crippen molar-refractivity contribution in [1.29, 1.82) is 0 Å². The van der Waals surface area contributed by atoms with Crippen LogP contribution in [0.1, 0.15) is 51.5 Å². The molecule has 0 bridgehead atoms. The van der Waals surface area contributed by atoms with Gasteiger partial charge in [0.15, 0.2) is 10.1 Å². The van der Waals surface area contributed by atoms with Crippen LogP contribution in [0.3, 0.4) is 0 Å². The molecular weight excluding hydrogens is 468 g/mol. The summed E-state index contributed by atoms with van der Waals surface area (Å²) in [5, 5.41) is 5.32. The van der Waals surface area contributed by atoms with Crippen molar-refractivity contribution < 1.29 is 9.59 Å². The highest BCUT2D eigenvalue weighted by Crippen LogP contribution is 2.34. The van der Waals surface area contributed by atoms with Crippen molar-refractivity contribution in [2.75, 3.05) is 18.8 Å². The molecule has 1 aliphatic heterocycles. The van der Waals surface area contributed by atoms with E-state index in [0.717, 1.165) is 40.2 Å². The quantitative estimate of drug-likeness (QED) is 0.434. The summed E-state index contributed by atoms with van der Waals surface area (Å²) < 4.78 is 1.81. The Bertz CT molecular complexity index is 1370. The summed E-state index contributed by atoms with van der Waals surface area (Å²) in [6.45, 7) is 4.86. The van der Waals surface area contributed by atoms with Crippen LogP contribution >= 0.6 is 22.7 Å². The number of imidazole rings is 1. The summed E-state index contributed by atoms with van der Waals surface area (Å²) in [6, 6.07) is 7.90. The smallest absolute Gasteiger partial charge is 0.274 e. The molecular formula is C24H26N6O2S2. The maximum Gasteiger partial charge on any atom is 0.274 e. The predicted octanol–water partition coefficient (Wildman–Crippen LogP) is 4.14. The summed E-state index contributed by atoms with van der Waals surface area (Å²) in [5.74, 6) is -0.316. The minimum Gasteiger partial charge on any atom is -0.375 e. The molecule has 4 aromatic rings. The molecule has 0 aliphatic carbocycles. The van der Waals surface area contributed by atoms with E-state index in [1.165, 1.54) is 22.7 Å². The van der Waals surface area contributed by atoms with Crippen LogP contribution in [0.4, 0.5) is 5.13 Å². The summed E-state index contributed by atoms with van der Waals surface area (Å²) in [6.07, 6.45) is 4.61. The van der Waals surface area contributed by atoms with Gasteiger partial charge in [0.2, 0.25) is 0 Å². The topological polar surface area (TPSA) is 106 Å². The van der Waals surface area contributed by atoms with E-state index in [2.05, 4.69) is 15.3 Å². The second kappa shape index (κ2) is 9.19. The number of nitrogens with one attached hydrogen (secondary N) is 1. The van der Waals surface area contributed by atoms with Gasteiger partial charge < -0.3 is 16.0 Å². The van der Waals surface area contributed by atoms with Gasteiger partial charge in [-0.05, 0) is 38.7 Å². The van der Waals surface area contributed by atoms with Gasteiger partial charge in [0, 0.05) is 30.7 Å². The van der Waals surface area contributed by atoms with Crippen LogP contribution in [0.15, 0.2) is 35.8 Å². The van der Waals surface area contributed by atoms with E-state index in [0.29, 0.717) is 35.3 Å². The minimum absolute atomic E-state index is 0.107. The van der Waals surface area contributed by atoms with Gasteiger partial charge in [-0.1, -0.05) is 41.2 Å². The molecule has 1 saturated heterocycles. The Kier molecular flexibility index (Phi) is 6.09. The second-order valence-corrected chi connectivity index (χ2v) is 10.5. The number of carbonyl (C=O) groups excluding carboxylic acids is 2. The number of aromatic nitrogens is 3. The Morgan fingerprint density at radius 2 is 2.09 bits per heavy atom. The third-order valence-electron chi connectivity index (χ3n) is 6.16. The minimum atomic E-state index is -0.181. The summed E-state index contributed by atoms with van der Waals surface area (Å²) >= 11 is 2.82. The average Bonchev–Trinajstić information content (AvgIpc) is 3.51. The summed E-state index contributed by atoms with van der Waals surface area (Å²) in [7, 11) is 0. The lowest BCUT2D eigenvalue weighted by Crippen LogP contribution is -2.49. The number of thiazole rings is 2. The van der Waals surface area contributed by atoms with Crippen LogP contribution in [-0.2, 0) is 0 Å². The van der Waals surface area contributed by atoms with Crippen molar-refractivity contribution in [3.63, 3.8) is 0 Å². The maximum absolute atomic E-state index is 13.7. The summed E-state index contributed by atoms with van der Waals surface area (Å²) in [4.78, 5) is 39.0. The van der Waals surface area contributed by atoms with Gasteiger partial charge in [-0.25, -0.2) is 9.97 Å². The Labute approximate surface area is 205 Å². The lowest BCUT2D eigenvalue weighted by atomic mass is 10.0. The standard InChI is InChI=1S/C24H26N6O2S2/c1-14-6-5-7-16(12-14)20-18(28-23(25)34-20)22(32)29-9-4-3-8-17(29)13-26-21(31)19-15(2)27-24-30(19)10-11-33-24/h5-7,10-12,17H,3-4,8-9,13H2,1-2H3,(H2,25,28)(H,26,31)/t17-/m0/s1. The van der Waals surface area contributed by atoms with Gasteiger partial charge in [0.25, 0.3) is 11.8 Å².